The first-order valence-electron chi connectivity index (χ1n) is 9.56. The van der Waals surface area contributed by atoms with Gasteiger partial charge in [-0.3, -0.25) is 4.79 Å². The molecule has 7 nitrogen and oxygen atoms in total. The van der Waals surface area contributed by atoms with Gasteiger partial charge in [-0.25, -0.2) is 9.18 Å². The third kappa shape index (κ3) is 3.32. The van der Waals surface area contributed by atoms with Crippen molar-refractivity contribution in [2.45, 2.75) is 32.7 Å². The van der Waals surface area contributed by atoms with Crippen LogP contribution in [0.1, 0.15) is 32.7 Å². The van der Waals surface area contributed by atoms with Crippen molar-refractivity contribution in [3.05, 3.63) is 34.4 Å². The molecule has 2 aliphatic rings. The SMILES string of the molecule is CCNCC1(C)CN(c2cc3c(cc2F)c(=O)c(OC(=O)O)cn3C2CC2)C1. The molecule has 0 atom stereocenters. The zero-order valence-corrected chi connectivity index (χ0v) is 16.0. The molecule has 1 aliphatic heterocycles. The lowest BCUT2D eigenvalue weighted by molar-refractivity contribution is 0.143. The molecule has 8 heteroatoms. The van der Waals surface area contributed by atoms with Crippen LogP contribution >= 0.6 is 0 Å². The number of nitrogens with one attached hydrogen (secondary N) is 1. The zero-order valence-electron chi connectivity index (χ0n) is 16.0. The van der Waals surface area contributed by atoms with Gasteiger partial charge in [0.05, 0.1) is 22.8 Å². The first-order valence-corrected chi connectivity index (χ1v) is 9.56. The molecule has 0 unspecified atom stereocenters. The van der Waals surface area contributed by atoms with E-state index < -0.39 is 17.4 Å². The summed E-state index contributed by atoms with van der Waals surface area (Å²) in [5, 5.41) is 12.4. The van der Waals surface area contributed by atoms with Crippen molar-refractivity contribution < 1.29 is 19.0 Å². The number of hydrogen-bond donors (Lipinski definition) is 2. The van der Waals surface area contributed by atoms with Gasteiger partial charge >= 0.3 is 6.16 Å². The van der Waals surface area contributed by atoms with Crippen molar-refractivity contribution in [2.75, 3.05) is 31.1 Å². The third-order valence-electron chi connectivity index (χ3n) is 5.49. The Hall–Kier alpha value is -2.61. The van der Waals surface area contributed by atoms with Crippen LogP contribution in [0.5, 0.6) is 5.75 Å². The molecule has 1 saturated heterocycles. The van der Waals surface area contributed by atoms with Gasteiger partial charge in [0.25, 0.3) is 0 Å². The van der Waals surface area contributed by atoms with Crippen molar-refractivity contribution in [1.82, 2.24) is 9.88 Å². The minimum Gasteiger partial charge on any atom is -0.449 e. The Morgan fingerprint density at radius 2 is 2.11 bits per heavy atom. The number of carboxylic acid groups (broad SMARTS) is 1. The number of halogens is 1. The second-order valence-electron chi connectivity index (χ2n) is 8.10. The molecule has 150 valence electrons. The highest BCUT2D eigenvalue weighted by Gasteiger charge is 2.39. The number of rotatable bonds is 6. The molecule has 1 aromatic carbocycles. The maximum Gasteiger partial charge on any atom is 0.511 e. The summed E-state index contributed by atoms with van der Waals surface area (Å²) in [6.07, 6.45) is 1.74. The molecule has 1 aliphatic carbocycles. The molecule has 1 aromatic heterocycles. The van der Waals surface area contributed by atoms with Crippen molar-refractivity contribution in [3.63, 3.8) is 0 Å². The van der Waals surface area contributed by atoms with Gasteiger partial charge in [0.15, 0.2) is 5.75 Å². The van der Waals surface area contributed by atoms with E-state index in [1.54, 1.807) is 6.07 Å². The van der Waals surface area contributed by atoms with Crippen molar-refractivity contribution in [3.8, 4) is 5.75 Å². The van der Waals surface area contributed by atoms with Gasteiger partial charge in [0.1, 0.15) is 5.82 Å². The zero-order chi connectivity index (χ0) is 20.1. The second kappa shape index (κ2) is 6.77. The molecule has 0 spiro atoms. The van der Waals surface area contributed by atoms with Crippen LogP contribution in [-0.2, 0) is 0 Å². The Kier molecular flexibility index (Phi) is 4.53. The van der Waals surface area contributed by atoms with Crippen LogP contribution in [0.25, 0.3) is 10.9 Å². The Balaban J connectivity index is 1.73. The van der Waals surface area contributed by atoms with E-state index in [0.717, 1.165) is 39.0 Å². The molecule has 2 fully saturated rings. The lowest BCUT2D eigenvalue weighted by Crippen LogP contribution is -2.59. The summed E-state index contributed by atoms with van der Waals surface area (Å²) in [6.45, 7) is 7.46. The number of fused-ring (bicyclic) bond motifs is 1. The topological polar surface area (TPSA) is 83.8 Å². The lowest BCUT2D eigenvalue weighted by atomic mass is 9.81. The second-order valence-corrected chi connectivity index (χ2v) is 8.10. The van der Waals surface area contributed by atoms with Crippen LogP contribution in [0.4, 0.5) is 14.9 Å². The minimum atomic E-state index is -1.56. The van der Waals surface area contributed by atoms with Crippen LogP contribution in [0.2, 0.25) is 0 Å². The largest absolute Gasteiger partial charge is 0.511 e. The highest BCUT2D eigenvalue weighted by atomic mass is 19.1. The molecule has 0 radical (unpaired) electrons. The average Bonchev–Trinajstić information content (AvgIpc) is 3.44. The number of nitrogens with zero attached hydrogens (tertiary/aromatic N) is 2. The molecule has 2 heterocycles. The van der Waals surface area contributed by atoms with E-state index in [1.165, 1.54) is 12.3 Å². The van der Waals surface area contributed by atoms with Crippen LogP contribution in [0.15, 0.2) is 23.1 Å². The molecule has 28 heavy (non-hydrogen) atoms. The summed E-state index contributed by atoms with van der Waals surface area (Å²) in [4.78, 5) is 25.5. The predicted octanol–water partition coefficient (Wildman–Crippen LogP) is 2.97. The molecular weight excluding hydrogens is 365 g/mol. The van der Waals surface area contributed by atoms with E-state index in [4.69, 9.17) is 5.11 Å². The number of hydrogen-bond acceptors (Lipinski definition) is 5. The fourth-order valence-corrected chi connectivity index (χ4v) is 3.98. The van der Waals surface area contributed by atoms with Crippen molar-refractivity contribution >= 4 is 22.7 Å². The number of anilines is 1. The fourth-order valence-electron chi connectivity index (χ4n) is 3.98. The maximum atomic E-state index is 14.9. The van der Waals surface area contributed by atoms with Gasteiger partial charge in [-0.15, -0.1) is 0 Å². The Morgan fingerprint density at radius 1 is 1.39 bits per heavy atom. The minimum absolute atomic E-state index is 0.0900. The summed E-state index contributed by atoms with van der Waals surface area (Å²) in [5.41, 5.74) is 0.566. The van der Waals surface area contributed by atoms with E-state index in [9.17, 15) is 14.0 Å². The average molecular weight is 389 g/mol. The quantitative estimate of drug-likeness (QED) is 0.739. The van der Waals surface area contributed by atoms with Crippen LogP contribution in [0.3, 0.4) is 0 Å². The van der Waals surface area contributed by atoms with Gasteiger partial charge in [-0.05, 0) is 31.5 Å². The highest BCUT2D eigenvalue weighted by Crippen LogP contribution is 2.40. The summed E-state index contributed by atoms with van der Waals surface area (Å²) in [5.74, 6) is -0.772. The van der Waals surface area contributed by atoms with E-state index in [1.807, 2.05) is 9.47 Å². The Morgan fingerprint density at radius 3 is 2.71 bits per heavy atom. The standard InChI is InChI=1S/C20H24FN3O4/c1-3-22-9-20(2)10-23(11-20)16-7-15-13(6-14(16)21)18(25)17(28-19(26)27)8-24(15)12-4-5-12/h6-8,12,22H,3-5,9-11H2,1-2H3,(H,26,27). The van der Waals surface area contributed by atoms with E-state index in [-0.39, 0.29) is 22.6 Å². The van der Waals surface area contributed by atoms with E-state index in [2.05, 4.69) is 23.9 Å². The number of carbonyl (C=O) groups is 1. The maximum absolute atomic E-state index is 14.9. The van der Waals surface area contributed by atoms with E-state index in [0.29, 0.717) is 11.2 Å². The summed E-state index contributed by atoms with van der Waals surface area (Å²) in [7, 11) is 0. The fraction of sp³-hybridized carbons (Fsp3) is 0.500. The third-order valence-corrected chi connectivity index (χ3v) is 5.49. The van der Waals surface area contributed by atoms with Crippen LogP contribution in [0, 0.1) is 11.2 Å². The molecule has 0 bridgehead atoms. The lowest BCUT2D eigenvalue weighted by Gasteiger charge is -2.49. The summed E-state index contributed by atoms with van der Waals surface area (Å²) in [6, 6.07) is 3.09. The highest BCUT2D eigenvalue weighted by molar-refractivity contribution is 5.85. The van der Waals surface area contributed by atoms with Crippen molar-refractivity contribution in [2.24, 2.45) is 5.41 Å². The van der Waals surface area contributed by atoms with Gasteiger partial charge in [0, 0.05) is 31.1 Å². The van der Waals surface area contributed by atoms with Crippen LogP contribution in [-0.4, -0.2) is 42.0 Å². The normalized spacial score (nSPS) is 18.2. The molecule has 2 N–H and O–H groups in total. The molecule has 1 saturated carbocycles. The van der Waals surface area contributed by atoms with Crippen LogP contribution < -0.4 is 20.4 Å². The molecular formula is C20H24FN3O4. The van der Waals surface area contributed by atoms with E-state index >= 15 is 0 Å². The molecule has 4 rings (SSSR count). The molecule has 2 aromatic rings. The van der Waals surface area contributed by atoms with Crippen molar-refractivity contribution in [1.29, 1.82) is 0 Å². The Labute approximate surface area is 161 Å². The molecule has 0 amide bonds. The number of benzene rings is 1. The van der Waals surface area contributed by atoms with Gasteiger partial charge in [0.2, 0.25) is 5.43 Å². The number of pyridine rings is 1. The number of ether oxygens (including phenoxy) is 1. The summed E-state index contributed by atoms with van der Waals surface area (Å²) < 4.78 is 21.3. The first-order chi connectivity index (χ1) is 13.3. The predicted molar refractivity (Wildman–Crippen MR) is 104 cm³/mol. The Bertz CT molecular complexity index is 993. The smallest absolute Gasteiger partial charge is 0.449 e. The van der Waals surface area contributed by atoms with Gasteiger partial charge in [-0.1, -0.05) is 13.8 Å². The monoisotopic (exact) mass is 389 g/mol. The van der Waals surface area contributed by atoms with Gasteiger partial charge in [-0.2, -0.15) is 0 Å². The number of aromatic nitrogens is 1. The first kappa shape index (κ1) is 18.7. The summed E-state index contributed by atoms with van der Waals surface area (Å²) >= 11 is 0. The van der Waals surface area contributed by atoms with Gasteiger partial charge < -0.3 is 24.6 Å².